The summed E-state index contributed by atoms with van der Waals surface area (Å²) in [5, 5.41) is 8.53. The molecule has 4 rings (SSSR count). The number of carbonyl (C=O) groups excluding carboxylic acids is 1. The Morgan fingerprint density at radius 3 is 2.57 bits per heavy atom. The summed E-state index contributed by atoms with van der Waals surface area (Å²) in [6.45, 7) is 4.23. The molecular formula is C26H21Cl3FN3O2. The van der Waals surface area contributed by atoms with Gasteiger partial charge in [-0.3, -0.25) is 9.48 Å². The molecule has 4 aromatic rings. The molecule has 1 heterocycles. The number of benzene rings is 3. The van der Waals surface area contributed by atoms with Gasteiger partial charge in [0.1, 0.15) is 23.2 Å². The maximum atomic E-state index is 13.4. The van der Waals surface area contributed by atoms with Crippen molar-refractivity contribution >= 4 is 46.4 Å². The van der Waals surface area contributed by atoms with E-state index in [0.29, 0.717) is 44.3 Å². The van der Waals surface area contributed by atoms with Crippen LogP contribution in [-0.2, 0) is 13.2 Å². The Bertz CT molecular complexity index is 1400. The minimum atomic E-state index is -0.400. The van der Waals surface area contributed by atoms with Gasteiger partial charge >= 0.3 is 0 Å². The Morgan fingerprint density at radius 1 is 1.03 bits per heavy atom. The second-order valence-corrected chi connectivity index (χ2v) is 9.13. The molecule has 0 unspecified atom stereocenters. The van der Waals surface area contributed by atoms with Crippen LogP contribution in [0.15, 0.2) is 60.7 Å². The molecule has 5 nitrogen and oxygen atoms in total. The number of ether oxygens (including phenoxy) is 1. The van der Waals surface area contributed by atoms with Gasteiger partial charge in [0.15, 0.2) is 0 Å². The Hall–Kier alpha value is -3.06. The zero-order chi connectivity index (χ0) is 25.1. The Balaban J connectivity index is 1.47. The van der Waals surface area contributed by atoms with Crippen LogP contribution in [0.5, 0.6) is 5.75 Å². The van der Waals surface area contributed by atoms with E-state index in [2.05, 4.69) is 10.4 Å². The first kappa shape index (κ1) is 25.0. The first-order valence-electron chi connectivity index (χ1n) is 10.7. The number of hydrogen-bond acceptors (Lipinski definition) is 3. The van der Waals surface area contributed by atoms with Crippen LogP contribution in [0, 0.1) is 19.7 Å². The van der Waals surface area contributed by atoms with Crippen molar-refractivity contribution in [1.29, 1.82) is 0 Å². The lowest BCUT2D eigenvalue weighted by Crippen LogP contribution is -2.14. The molecule has 1 N–H and O–H groups in total. The molecule has 0 aliphatic carbocycles. The normalized spacial score (nSPS) is 10.9. The van der Waals surface area contributed by atoms with Crippen LogP contribution in [0.1, 0.15) is 32.9 Å². The van der Waals surface area contributed by atoms with Crippen molar-refractivity contribution in [3.05, 3.63) is 110 Å². The smallest absolute Gasteiger partial charge is 0.255 e. The molecule has 0 radical (unpaired) electrons. The number of anilines is 1. The number of nitrogens with one attached hydrogen (secondary N) is 1. The number of carbonyl (C=O) groups is 1. The topological polar surface area (TPSA) is 56.2 Å². The Morgan fingerprint density at radius 2 is 1.80 bits per heavy atom. The number of amides is 1. The maximum Gasteiger partial charge on any atom is 0.255 e. The van der Waals surface area contributed by atoms with Crippen LogP contribution >= 0.6 is 34.8 Å². The summed E-state index contributed by atoms with van der Waals surface area (Å²) in [7, 11) is 0. The number of nitrogens with zero attached hydrogens (tertiary/aromatic N) is 2. The lowest BCUT2D eigenvalue weighted by molar-refractivity contribution is 0.102. The lowest BCUT2D eigenvalue weighted by Gasteiger charge is -2.11. The van der Waals surface area contributed by atoms with Gasteiger partial charge in [0.05, 0.1) is 28.6 Å². The average Bonchev–Trinajstić information content (AvgIpc) is 3.09. The van der Waals surface area contributed by atoms with Crippen LogP contribution < -0.4 is 10.1 Å². The summed E-state index contributed by atoms with van der Waals surface area (Å²) >= 11 is 18.4. The van der Waals surface area contributed by atoms with Crippen molar-refractivity contribution in [1.82, 2.24) is 9.78 Å². The van der Waals surface area contributed by atoms with Gasteiger partial charge < -0.3 is 10.1 Å². The highest BCUT2D eigenvalue weighted by Gasteiger charge is 2.17. The molecule has 35 heavy (non-hydrogen) atoms. The molecular weight excluding hydrogens is 512 g/mol. The van der Waals surface area contributed by atoms with Gasteiger partial charge in [-0.25, -0.2) is 4.39 Å². The lowest BCUT2D eigenvalue weighted by atomic mass is 10.1. The second kappa shape index (κ2) is 10.7. The van der Waals surface area contributed by atoms with E-state index in [9.17, 15) is 9.18 Å². The molecule has 0 aliphatic heterocycles. The maximum absolute atomic E-state index is 13.4. The summed E-state index contributed by atoms with van der Waals surface area (Å²) in [4.78, 5) is 13.0. The highest BCUT2D eigenvalue weighted by Crippen LogP contribution is 2.32. The zero-order valence-corrected chi connectivity index (χ0v) is 21.2. The molecule has 0 atom stereocenters. The highest BCUT2D eigenvalue weighted by molar-refractivity contribution is 6.42. The monoisotopic (exact) mass is 531 g/mol. The minimum Gasteiger partial charge on any atom is -0.487 e. The molecule has 3 aromatic carbocycles. The molecule has 0 spiro atoms. The standard InChI is InChI=1S/C26H21Cl3FN3O2/c1-15-25(16(2)33(32-15)13-19-9-10-20(30)12-22(19)28)31-26(34)18-6-3-5-17(11-18)14-35-23-8-4-7-21(27)24(23)29/h3-12H,13-14H2,1-2H3,(H,31,34). The number of rotatable bonds is 7. The van der Waals surface area contributed by atoms with Gasteiger partial charge in [-0.2, -0.15) is 5.10 Å². The van der Waals surface area contributed by atoms with E-state index < -0.39 is 5.82 Å². The van der Waals surface area contributed by atoms with Crippen LogP contribution in [0.4, 0.5) is 10.1 Å². The van der Waals surface area contributed by atoms with E-state index in [4.69, 9.17) is 39.5 Å². The van der Waals surface area contributed by atoms with Crippen molar-refractivity contribution in [3.8, 4) is 5.75 Å². The summed E-state index contributed by atoms with van der Waals surface area (Å²) in [5.41, 5.74) is 4.01. The van der Waals surface area contributed by atoms with E-state index >= 15 is 0 Å². The molecule has 180 valence electrons. The first-order chi connectivity index (χ1) is 16.7. The van der Waals surface area contributed by atoms with E-state index in [1.165, 1.54) is 12.1 Å². The largest absolute Gasteiger partial charge is 0.487 e. The molecule has 0 fully saturated rings. The fourth-order valence-corrected chi connectivity index (χ4v) is 4.16. The number of halogens is 4. The van der Waals surface area contributed by atoms with E-state index in [-0.39, 0.29) is 12.5 Å². The predicted molar refractivity (Wildman–Crippen MR) is 137 cm³/mol. The predicted octanol–water partition coefficient (Wildman–Crippen LogP) is 7.48. The first-order valence-corrected chi connectivity index (χ1v) is 11.8. The number of hydrogen-bond donors (Lipinski definition) is 1. The van der Waals surface area contributed by atoms with E-state index in [1.54, 1.807) is 47.1 Å². The molecule has 0 saturated carbocycles. The van der Waals surface area contributed by atoms with Crippen molar-refractivity contribution in [3.63, 3.8) is 0 Å². The van der Waals surface area contributed by atoms with Crippen molar-refractivity contribution < 1.29 is 13.9 Å². The summed E-state index contributed by atoms with van der Waals surface area (Å²) in [5.74, 6) is -0.212. The van der Waals surface area contributed by atoms with E-state index in [0.717, 1.165) is 16.8 Å². The SMILES string of the molecule is Cc1nn(Cc2ccc(F)cc2Cl)c(C)c1NC(=O)c1cccc(COc2cccc(Cl)c2Cl)c1. The summed E-state index contributed by atoms with van der Waals surface area (Å²) in [6, 6.07) is 16.5. The van der Waals surface area contributed by atoms with Crippen molar-refractivity contribution in [2.45, 2.75) is 27.0 Å². The van der Waals surface area contributed by atoms with E-state index in [1.807, 2.05) is 19.9 Å². The van der Waals surface area contributed by atoms with Gasteiger partial charge in [0.2, 0.25) is 0 Å². The Labute approximate surface area is 217 Å². The number of aromatic nitrogens is 2. The highest BCUT2D eigenvalue weighted by atomic mass is 35.5. The third kappa shape index (κ3) is 5.78. The van der Waals surface area contributed by atoms with Crippen molar-refractivity contribution in [2.75, 3.05) is 5.32 Å². The molecule has 0 aliphatic rings. The van der Waals surface area contributed by atoms with Gasteiger partial charge in [0.25, 0.3) is 5.91 Å². The molecule has 0 bridgehead atoms. The van der Waals surface area contributed by atoms with Crippen LogP contribution in [0.2, 0.25) is 15.1 Å². The fraction of sp³-hybridized carbons (Fsp3) is 0.154. The quantitative estimate of drug-likeness (QED) is 0.268. The molecule has 1 amide bonds. The molecule has 0 saturated heterocycles. The third-order valence-corrected chi connectivity index (χ3v) is 6.61. The number of aryl methyl sites for hydroxylation is 1. The van der Waals surface area contributed by atoms with Gasteiger partial charge in [-0.1, -0.05) is 59.1 Å². The Kier molecular flexibility index (Phi) is 7.65. The molecule has 9 heteroatoms. The van der Waals surface area contributed by atoms with Gasteiger partial charge in [-0.05, 0) is 61.4 Å². The van der Waals surface area contributed by atoms with Crippen LogP contribution in [-0.4, -0.2) is 15.7 Å². The zero-order valence-electron chi connectivity index (χ0n) is 18.9. The van der Waals surface area contributed by atoms with Crippen LogP contribution in [0.3, 0.4) is 0 Å². The van der Waals surface area contributed by atoms with Gasteiger partial charge in [-0.15, -0.1) is 0 Å². The third-order valence-electron chi connectivity index (χ3n) is 5.45. The molecule has 1 aromatic heterocycles. The van der Waals surface area contributed by atoms with Crippen molar-refractivity contribution in [2.24, 2.45) is 0 Å². The minimum absolute atomic E-state index is 0.218. The summed E-state index contributed by atoms with van der Waals surface area (Å²) < 4.78 is 20.9. The fourth-order valence-electron chi connectivity index (χ4n) is 3.59. The summed E-state index contributed by atoms with van der Waals surface area (Å²) in [6.07, 6.45) is 0. The average molecular weight is 533 g/mol. The van der Waals surface area contributed by atoms with Gasteiger partial charge in [0, 0.05) is 10.6 Å². The second-order valence-electron chi connectivity index (χ2n) is 7.93. The van der Waals surface area contributed by atoms with Crippen LogP contribution in [0.25, 0.3) is 0 Å².